The molecular formula is C15H24N4O. The quantitative estimate of drug-likeness (QED) is 0.858. The van der Waals surface area contributed by atoms with E-state index in [1.54, 1.807) is 6.07 Å². The topological polar surface area (TPSA) is 61.0 Å². The molecule has 5 heteroatoms. The highest BCUT2D eigenvalue weighted by atomic mass is 16.1. The number of aromatic amines is 1. The van der Waals surface area contributed by atoms with Crippen molar-refractivity contribution in [3.05, 3.63) is 22.2 Å². The molecular weight excluding hydrogens is 252 g/mol. The lowest BCUT2D eigenvalue weighted by Gasteiger charge is -2.35. The van der Waals surface area contributed by atoms with E-state index in [0.717, 1.165) is 50.5 Å². The Morgan fingerprint density at radius 1 is 1.40 bits per heavy atom. The van der Waals surface area contributed by atoms with Gasteiger partial charge in [-0.3, -0.25) is 4.79 Å². The highest BCUT2D eigenvalue weighted by Crippen LogP contribution is 2.38. The van der Waals surface area contributed by atoms with Gasteiger partial charge in [-0.05, 0) is 38.6 Å². The van der Waals surface area contributed by atoms with Crippen molar-refractivity contribution in [3.63, 3.8) is 0 Å². The predicted molar refractivity (Wildman–Crippen MR) is 80.4 cm³/mol. The Hall–Kier alpha value is -1.36. The summed E-state index contributed by atoms with van der Waals surface area (Å²) in [4.78, 5) is 21.9. The summed E-state index contributed by atoms with van der Waals surface area (Å²) in [6.07, 6.45) is 5.77. The third-order valence-electron chi connectivity index (χ3n) is 4.18. The molecule has 1 atom stereocenters. The largest absolute Gasteiger partial charge is 0.352 e. The Labute approximate surface area is 119 Å². The standard InChI is InChI=1S/C15H24N4O/c1-2-8-19(12-4-3-7-16-10-12)13-9-14(20)18-15(17-13)11-5-6-11/h9,11-12,16H,2-8,10H2,1H3,(H,17,18,20). The fourth-order valence-electron chi connectivity index (χ4n) is 2.98. The van der Waals surface area contributed by atoms with Crippen molar-refractivity contribution in [1.29, 1.82) is 0 Å². The number of nitrogens with zero attached hydrogens (tertiary/aromatic N) is 2. The normalized spacial score (nSPS) is 22.8. The van der Waals surface area contributed by atoms with E-state index in [4.69, 9.17) is 4.98 Å². The van der Waals surface area contributed by atoms with Crippen LogP contribution in [0.5, 0.6) is 0 Å². The maximum atomic E-state index is 11.9. The van der Waals surface area contributed by atoms with E-state index >= 15 is 0 Å². The van der Waals surface area contributed by atoms with Gasteiger partial charge in [0.05, 0.1) is 0 Å². The van der Waals surface area contributed by atoms with Crippen LogP contribution in [0.15, 0.2) is 10.9 Å². The smallest absolute Gasteiger partial charge is 0.252 e. The molecule has 2 N–H and O–H groups in total. The van der Waals surface area contributed by atoms with E-state index in [0.29, 0.717) is 12.0 Å². The first-order valence-electron chi connectivity index (χ1n) is 7.86. The van der Waals surface area contributed by atoms with Gasteiger partial charge in [0.1, 0.15) is 11.6 Å². The van der Waals surface area contributed by atoms with Gasteiger partial charge in [0.2, 0.25) is 0 Å². The zero-order valence-corrected chi connectivity index (χ0v) is 12.2. The van der Waals surface area contributed by atoms with Gasteiger partial charge in [0, 0.05) is 31.1 Å². The molecule has 0 amide bonds. The molecule has 2 heterocycles. The Bertz CT molecular complexity index is 503. The average Bonchev–Trinajstić information content (AvgIpc) is 3.29. The molecule has 0 spiro atoms. The van der Waals surface area contributed by atoms with Crippen molar-refractivity contribution in [2.75, 3.05) is 24.5 Å². The lowest BCUT2D eigenvalue weighted by atomic mass is 10.1. The zero-order chi connectivity index (χ0) is 13.9. The number of aromatic nitrogens is 2. The van der Waals surface area contributed by atoms with Crippen molar-refractivity contribution >= 4 is 5.82 Å². The molecule has 20 heavy (non-hydrogen) atoms. The molecule has 1 aromatic rings. The van der Waals surface area contributed by atoms with Crippen LogP contribution in [0, 0.1) is 0 Å². The molecule has 0 bridgehead atoms. The number of H-pyrrole nitrogens is 1. The van der Waals surface area contributed by atoms with E-state index < -0.39 is 0 Å². The summed E-state index contributed by atoms with van der Waals surface area (Å²) < 4.78 is 0. The first-order chi connectivity index (χ1) is 9.78. The summed E-state index contributed by atoms with van der Waals surface area (Å²) in [6, 6.07) is 2.13. The summed E-state index contributed by atoms with van der Waals surface area (Å²) in [7, 11) is 0. The minimum Gasteiger partial charge on any atom is -0.352 e. The van der Waals surface area contributed by atoms with Crippen molar-refractivity contribution < 1.29 is 0 Å². The van der Waals surface area contributed by atoms with Crippen molar-refractivity contribution in [1.82, 2.24) is 15.3 Å². The van der Waals surface area contributed by atoms with Crippen LogP contribution in [0.25, 0.3) is 0 Å². The molecule has 1 saturated carbocycles. The van der Waals surface area contributed by atoms with Gasteiger partial charge in [-0.1, -0.05) is 6.92 Å². The zero-order valence-electron chi connectivity index (χ0n) is 12.2. The summed E-state index contributed by atoms with van der Waals surface area (Å²) in [5, 5.41) is 3.45. The predicted octanol–water partition coefficient (Wildman–Crippen LogP) is 1.62. The monoisotopic (exact) mass is 276 g/mol. The van der Waals surface area contributed by atoms with Crippen LogP contribution >= 0.6 is 0 Å². The summed E-state index contributed by atoms with van der Waals surface area (Å²) >= 11 is 0. The number of rotatable bonds is 5. The lowest BCUT2D eigenvalue weighted by Crippen LogP contribution is -2.47. The Balaban J connectivity index is 1.87. The van der Waals surface area contributed by atoms with Crippen molar-refractivity contribution in [3.8, 4) is 0 Å². The molecule has 3 rings (SSSR count). The minimum absolute atomic E-state index is 0.0122. The first kappa shape index (κ1) is 13.6. The van der Waals surface area contributed by atoms with E-state index in [2.05, 4.69) is 22.1 Å². The molecule has 1 aliphatic carbocycles. The first-order valence-corrected chi connectivity index (χ1v) is 7.86. The molecule has 1 aliphatic heterocycles. The van der Waals surface area contributed by atoms with Crippen LogP contribution in [0.3, 0.4) is 0 Å². The second-order valence-corrected chi connectivity index (χ2v) is 5.96. The minimum atomic E-state index is -0.0122. The fourth-order valence-corrected chi connectivity index (χ4v) is 2.98. The van der Waals surface area contributed by atoms with Crippen molar-refractivity contribution in [2.24, 2.45) is 0 Å². The Kier molecular flexibility index (Phi) is 4.05. The SMILES string of the molecule is CCCN(c1cc(=O)[nH]c(C2CC2)n1)C1CCCNC1. The van der Waals surface area contributed by atoms with Gasteiger partial charge >= 0.3 is 0 Å². The van der Waals surface area contributed by atoms with Crippen LogP contribution in [0.1, 0.15) is 50.8 Å². The highest BCUT2D eigenvalue weighted by Gasteiger charge is 2.28. The fraction of sp³-hybridized carbons (Fsp3) is 0.733. The van der Waals surface area contributed by atoms with Crippen molar-refractivity contribution in [2.45, 2.75) is 51.0 Å². The molecule has 0 radical (unpaired) electrons. The van der Waals surface area contributed by atoms with E-state index in [1.165, 1.54) is 12.8 Å². The van der Waals surface area contributed by atoms with Crippen LogP contribution < -0.4 is 15.8 Å². The van der Waals surface area contributed by atoms with Gasteiger partial charge in [-0.2, -0.15) is 0 Å². The lowest BCUT2D eigenvalue weighted by molar-refractivity contribution is 0.428. The van der Waals surface area contributed by atoms with Crippen LogP contribution in [0.4, 0.5) is 5.82 Å². The van der Waals surface area contributed by atoms with Gasteiger partial charge in [-0.25, -0.2) is 4.98 Å². The van der Waals surface area contributed by atoms with Gasteiger partial charge in [0.15, 0.2) is 0 Å². The molecule has 2 aliphatic rings. The maximum absolute atomic E-state index is 11.9. The number of nitrogens with one attached hydrogen (secondary N) is 2. The third kappa shape index (κ3) is 3.03. The second kappa shape index (κ2) is 5.95. The van der Waals surface area contributed by atoms with Gasteiger partial charge in [0.25, 0.3) is 5.56 Å². The molecule has 5 nitrogen and oxygen atoms in total. The molecule has 0 aromatic carbocycles. The van der Waals surface area contributed by atoms with Crippen LogP contribution in [-0.2, 0) is 0 Å². The number of piperidine rings is 1. The maximum Gasteiger partial charge on any atom is 0.252 e. The summed E-state index contributed by atoms with van der Waals surface area (Å²) in [5.74, 6) is 2.24. The van der Waals surface area contributed by atoms with E-state index in [9.17, 15) is 4.79 Å². The number of anilines is 1. The molecule has 2 fully saturated rings. The summed E-state index contributed by atoms with van der Waals surface area (Å²) in [5.41, 5.74) is -0.0122. The van der Waals surface area contributed by atoms with Gasteiger partial charge in [-0.15, -0.1) is 0 Å². The average molecular weight is 276 g/mol. The molecule has 1 saturated heterocycles. The summed E-state index contributed by atoms with van der Waals surface area (Å²) in [6.45, 7) is 5.24. The number of hydrogen-bond acceptors (Lipinski definition) is 4. The van der Waals surface area contributed by atoms with Gasteiger partial charge < -0.3 is 15.2 Å². The second-order valence-electron chi connectivity index (χ2n) is 5.96. The van der Waals surface area contributed by atoms with Crippen LogP contribution in [-0.4, -0.2) is 35.6 Å². The Morgan fingerprint density at radius 3 is 2.90 bits per heavy atom. The van der Waals surface area contributed by atoms with E-state index in [1.807, 2.05) is 0 Å². The molecule has 110 valence electrons. The van der Waals surface area contributed by atoms with Crippen LogP contribution in [0.2, 0.25) is 0 Å². The molecule has 1 unspecified atom stereocenters. The van der Waals surface area contributed by atoms with E-state index in [-0.39, 0.29) is 5.56 Å². The number of hydrogen-bond donors (Lipinski definition) is 2. The molecule has 1 aromatic heterocycles. The highest BCUT2D eigenvalue weighted by molar-refractivity contribution is 5.40. The Morgan fingerprint density at radius 2 is 2.25 bits per heavy atom. The third-order valence-corrected chi connectivity index (χ3v) is 4.18.